The smallest absolute Gasteiger partial charge is 0.434 e. The molecule has 5 rings (SSSR count). The van der Waals surface area contributed by atoms with Crippen LogP contribution in [0.25, 0.3) is 5.82 Å². The molecule has 0 bridgehead atoms. The maximum atomic E-state index is 15.1. The van der Waals surface area contributed by atoms with Gasteiger partial charge in [0, 0.05) is 49.0 Å². The summed E-state index contributed by atoms with van der Waals surface area (Å²) in [6.07, 6.45) is -0.679. The summed E-state index contributed by atoms with van der Waals surface area (Å²) < 4.78 is 83.3. The van der Waals surface area contributed by atoms with Crippen molar-refractivity contribution in [3.63, 3.8) is 0 Å². The number of hydrogen-bond donors (Lipinski definition) is 2. The molecule has 41 heavy (non-hydrogen) atoms. The second-order valence-corrected chi connectivity index (χ2v) is 9.35. The number of pyridine rings is 2. The van der Waals surface area contributed by atoms with E-state index in [1.54, 1.807) is 0 Å². The zero-order valence-electron chi connectivity index (χ0n) is 20.9. The standard InChI is InChI=1S/C26H20ClF5N6O3/c27-16-2-1-6-35-24(16)38-22(26(30,31)32)15(12-36-38)25(39)37-14-10-17(28)21(18(29)11-14)41-19-3-7-34-23(33)20(19)13-4-8-40-9-5-13/h1-3,6-7,10-13H,4-5,8-9H2,(H2,33,34)(H,37,39). The monoisotopic (exact) mass is 594 g/mol. The van der Waals surface area contributed by atoms with E-state index in [0.29, 0.717) is 54.6 Å². The zero-order chi connectivity index (χ0) is 29.3. The predicted octanol–water partition coefficient (Wildman–Crippen LogP) is 6.13. The van der Waals surface area contributed by atoms with Crippen molar-refractivity contribution in [1.29, 1.82) is 0 Å². The van der Waals surface area contributed by atoms with Crippen molar-refractivity contribution >= 4 is 29.0 Å². The SMILES string of the molecule is Nc1nccc(Oc2c(F)cc(NC(=O)c3cnn(-c4ncccc4Cl)c3C(F)(F)F)cc2F)c1C1CCOCC1. The van der Waals surface area contributed by atoms with Gasteiger partial charge in [0.2, 0.25) is 0 Å². The molecular formula is C26H20ClF5N6O3. The lowest BCUT2D eigenvalue weighted by atomic mass is 9.91. The topological polar surface area (TPSA) is 117 Å². The summed E-state index contributed by atoms with van der Waals surface area (Å²) in [5, 5.41) is 5.54. The molecule has 214 valence electrons. The molecule has 0 radical (unpaired) electrons. The van der Waals surface area contributed by atoms with Crippen LogP contribution in [0.2, 0.25) is 5.02 Å². The molecule has 9 nitrogen and oxygen atoms in total. The van der Waals surface area contributed by atoms with Gasteiger partial charge in [-0.3, -0.25) is 4.79 Å². The van der Waals surface area contributed by atoms with Crippen LogP contribution in [0.1, 0.15) is 40.4 Å². The van der Waals surface area contributed by atoms with Crippen molar-refractivity contribution in [3.05, 3.63) is 82.4 Å². The van der Waals surface area contributed by atoms with Gasteiger partial charge in [-0.2, -0.15) is 18.3 Å². The molecule has 1 aromatic carbocycles. The highest BCUT2D eigenvalue weighted by molar-refractivity contribution is 6.32. The molecule has 1 aliphatic rings. The van der Waals surface area contributed by atoms with E-state index in [4.69, 9.17) is 26.8 Å². The van der Waals surface area contributed by atoms with Gasteiger partial charge < -0.3 is 20.5 Å². The first-order valence-corrected chi connectivity index (χ1v) is 12.5. The first-order chi connectivity index (χ1) is 19.5. The Balaban J connectivity index is 1.43. The Morgan fingerprint density at radius 3 is 2.49 bits per heavy atom. The van der Waals surface area contributed by atoms with E-state index in [1.807, 2.05) is 0 Å². The Morgan fingerprint density at radius 2 is 1.83 bits per heavy atom. The van der Waals surface area contributed by atoms with Gasteiger partial charge in [-0.1, -0.05) is 11.6 Å². The van der Waals surface area contributed by atoms with Crippen LogP contribution in [0.5, 0.6) is 11.5 Å². The fourth-order valence-corrected chi connectivity index (χ4v) is 4.68. The van der Waals surface area contributed by atoms with E-state index in [0.717, 1.165) is 0 Å². The Morgan fingerprint density at radius 1 is 1.12 bits per heavy atom. The van der Waals surface area contributed by atoms with E-state index in [1.165, 1.54) is 30.6 Å². The van der Waals surface area contributed by atoms with Crippen LogP contribution < -0.4 is 15.8 Å². The lowest BCUT2D eigenvalue weighted by Gasteiger charge is -2.25. The second-order valence-electron chi connectivity index (χ2n) is 8.95. The number of amides is 1. The number of nitrogens with zero attached hydrogens (tertiary/aromatic N) is 4. The van der Waals surface area contributed by atoms with Gasteiger partial charge >= 0.3 is 6.18 Å². The number of hydrogen-bond acceptors (Lipinski definition) is 7. The highest BCUT2D eigenvalue weighted by Gasteiger charge is 2.41. The molecule has 0 saturated carbocycles. The summed E-state index contributed by atoms with van der Waals surface area (Å²) in [6, 6.07) is 5.54. The van der Waals surface area contributed by atoms with Crippen molar-refractivity contribution in [3.8, 4) is 17.3 Å². The third-order valence-electron chi connectivity index (χ3n) is 6.30. The molecule has 15 heteroatoms. The molecule has 3 aromatic heterocycles. The van der Waals surface area contributed by atoms with E-state index in [2.05, 4.69) is 20.4 Å². The largest absolute Gasteiger partial charge is 0.451 e. The van der Waals surface area contributed by atoms with Crippen LogP contribution in [0, 0.1) is 11.6 Å². The number of ether oxygens (including phenoxy) is 2. The minimum Gasteiger partial charge on any atom is -0.451 e. The normalized spacial score (nSPS) is 14.2. The first kappa shape index (κ1) is 28.2. The highest BCUT2D eigenvalue weighted by atomic mass is 35.5. The van der Waals surface area contributed by atoms with Gasteiger partial charge in [0.25, 0.3) is 5.91 Å². The molecule has 0 atom stereocenters. The summed E-state index contributed by atoms with van der Waals surface area (Å²) >= 11 is 5.97. The fraction of sp³-hybridized carbons (Fsp3) is 0.231. The van der Waals surface area contributed by atoms with Crippen molar-refractivity contribution in [2.75, 3.05) is 24.3 Å². The number of benzene rings is 1. The third-order valence-corrected chi connectivity index (χ3v) is 6.60. The molecule has 1 fully saturated rings. The lowest BCUT2D eigenvalue weighted by molar-refractivity contribution is -0.143. The minimum atomic E-state index is -5.06. The van der Waals surface area contributed by atoms with E-state index in [-0.39, 0.29) is 28.3 Å². The molecule has 0 spiro atoms. The molecule has 0 unspecified atom stereocenters. The summed E-state index contributed by atoms with van der Waals surface area (Å²) in [4.78, 5) is 20.7. The first-order valence-electron chi connectivity index (χ1n) is 12.1. The van der Waals surface area contributed by atoms with E-state index in [9.17, 15) is 18.0 Å². The lowest BCUT2D eigenvalue weighted by Crippen LogP contribution is -2.21. The maximum Gasteiger partial charge on any atom is 0.434 e. The molecule has 3 N–H and O–H groups in total. The molecule has 4 aromatic rings. The molecule has 1 saturated heterocycles. The van der Waals surface area contributed by atoms with Gasteiger partial charge in [-0.25, -0.2) is 23.4 Å². The van der Waals surface area contributed by atoms with E-state index >= 15 is 8.78 Å². The minimum absolute atomic E-state index is 0.0920. The van der Waals surface area contributed by atoms with Gasteiger partial charge in [0.15, 0.2) is 28.9 Å². The number of nitrogen functional groups attached to an aromatic ring is 1. The van der Waals surface area contributed by atoms with Crippen LogP contribution in [-0.2, 0) is 10.9 Å². The number of alkyl halides is 3. The van der Waals surface area contributed by atoms with Crippen LogP contribution in [0.4, 0.5) is 33.5 Å². The van der Waals surface area contributed by atoms with Crippen molar-refractivity contribution in [2.45, 2.75) is 24.9 Å². The van der Waals surface area contributed by atoms with Gasteiger partial charge in [-0.05, 0) is 37.0 Å². The number of nitrogens with one attached hydrogen (secondary N) is 1. The number of halogens is 6. The Bertz CT molecular complexity index is 1580. The average Bonchev–Trinajstić information content (AvgIpc) is 3.38. The zero-order valence-corrected chi connectivity index (χ0v) is 21.6. The summed E-state index contributed by atoms with van der Waals surface area (Å²) in [6.45, 7) is 0.943. The van der Waals surface area contributed by atoms with Crippen LogP contribution in [0.15, 0.2) is 48.9 Å². The van der Waals surface area contributed by atoms with Crippen molar-refractivity contribution < 1.29 is 36.2 Å². The van der Waals surface area contributed by atoms with Crippen LogP contribution >= 0.6 is 11.6 Å². The summed E-state index contributed by atoms with van der Waals surface area (Å²) in [5.41, 5.74) is 3.66. The van der Waals surface area contributed by atoms with Crippen molar-refractivity contribution in [2.24, 2.45) is 0 Å². The van der Waals surface area contributed by atoms with Crippen LogP contribution in [-0.4, -0.2) is 38.9 Å². The number of carbonyl (C=O) groups is 1. The van der Waals surface area contributed by atoms with E-state index < -0.39 is 46.4 Å². The molecule has 1 amide bonds. The molecular weight excluding hydrogens is 575 g/mol. The summed E-state index contributed by atoms with van der Waals surface area (Å²) in [7, 11) is 0. The van der Waals surface area contributed by atoms with Crippen LogP contribution in [0.3, 0.4) is 0 Å². The van der Waals surface area contributed by atoms with Gasteiger partial charge in [-0.15, -0.1) is 0 Å². The number of anilines is 2. The number of aromatic nitrogens is 4. The van der Waals surface area contributed by atoms with Crippen molar-refractivity contribution in [1.82, 2.24) is 19.7 Å². The predicted molar refractivity (Wildman–Crippen MR) is 137 cm³/mol. The Kier molecular flexibility index (Phi) is 7.78. The molecule has 4 heterocycles. The maximum absolute atomic E-state index is 15.1. The second kappa shape index (κ2) is 11.3. The Hall–Kier alpha value is -4.30. The number of carbonyl (C=O) groups excluding carboxylic acids is 1. The van der Waals surface area contributed by atoms with Gasteiger partial charge in [0.05, 0.1) is 16.8 Å². The number of rotatable bonds is 6. The average molecular weight is 595 g/mol. The quantitative estimate of drug-likeness (QED) is 0.258. The highest BCUT2D eigenvalue weighted by Crippen LogP contribution is 2.40. The van der Waals surface area contributed by atoms with Gasteiger partial charge in [0.1, 0.15) is 11.6 Å². The third kappa shape index (κ3) is 5.79. The molecule has 0 aliphatic carbocycles. The Labute approximate surface area is 234 Å². The molecule has 1 aliphatic heterocycles. The summed E-state index contributed by atoms with van der Waals surface area (Å²) in [5.74, 6) is -4.80. The number of nitrogens with two attached hydrogens (primary N) is 1. The fourth-order valence-electron chi connectivity index (χ4n) is 4.48.